The molecule has 3 heteroatoms. The Hall–Kier alpha value is -2.20. The Morgan fingerprint density at radius 2 is 1.46 bits per heavy atom. The van der Waals surface area contributed by atoms with Crippen LogP contribution in [0.2, 0.25) is 0 Å². The molecule has 2 unspecified atom stereocenters. The Balaban J connectivity index is 1.75. The number of hydrogen-bond acceptors (Lipinski definition) is 2. The summed E-state index contributed by atoms with van der Waals surface area (Å²) >= 11 is 0. The molecule has 0 bridgehead atoms. The summed E-state index contributed by atoms with van der Waals surface area (Å²) < 4.78 is 6.76. The minimum Gasteiger partial charge on any atom is -0.376 e. The normalized spacial score (nSPS) is 21.0. The van der Waals surface area contributed by atoms with Gasteiger partial charge in [-0.3, -0.25) is 0 Å². The largest absolute Gasteiger partial charge is 0.376 e. The summed E-state index contributed by atoms with van der Waals surface area (Å²) in [7, 11) is -1.59. The quantitative estimate of drug-likeness (QED) is 0.490. The number of unbranched alkanes of at least 4 members (excludes halogenated alkanes) is 1. The molecule has 2 nitrogen and oxygen atoms in total. The third-order valence-corrected chi connectivity index (χ3v) is 7.89. The molecule has 1 N–H and O–H groups in total. The van der Waals surface area contributed by atoms with Gasteiger partial charge in [-0.1, -0.05) is 105 Å². The first-order valence-electron chi connectivity index (χ1n) is 10.2. The van der Waals surface area contributed by atoms with Crippen LogP contribution in [0, 0.1) is 5.92 Å². The molecule has 0 aliphatic heterocycles. The Morgan fingerprint density at radius 1 is 0.893 bits per heavy atom. The molecular weight excluding hydrogens is 360 g/mol. The van der Waals surface area contributed by atoms with E-state index in [9.17, 15) is 5.11 Å². The van der Waals surface area contributed by atoms with E-state index in [1.807, 2.05) is 48.5 Å². The average molecular weight is 388 g/mol. The van der Waals surface area contributed by atoms with Crippen LogP contribution in [0.15, 0.2) is 84.9 Å². The zero-order valence-corrected chi connectivity index (χ0v) is 17.3. The van der Waals surface area contributed by atoms with E-state index in [2.05, 4.69) is 43.3 Å². The van der Waals surface area contributed by atoms with Crippen LogP contribution in [0.3, 0.4) is 0 Å². The summed E-state index contributed by atoms with van der Waals surface area (Å²) in [4.78, 5) is 0. The van der Waals surface area contributed by atoms with Gasteiger partial charge in [0.2, 0.25) is 0 Å². The van der Waals surface area contributed by atoms with Crippen LogP contribution in [0.1, 0.15) is 37.3 Å². The van der Waals surface area contributed by atoms with Crippen molar-refractivity contribution in [2.75, 3.05) is 0 Å². The Labute approximate surface area is 169 Å². The van der Waals surface area contributed by atoms with E-state index in [-0.39, 0.29) is 5.92 Å². The Bertz CT molecular complexity index is 857. The highest BCUT2D eigenvalue weighted by Crippen LogP contribution is 2.45. The van der Waals surface area contributed by atoms with Crippen molar-refractivity contribution in [2.24, 2.45) is 5.92 Å². The molecule has 1 aliphatic carbocycles. The van der Waals surface area contributed by atoms with Crippen molar-refractivity contribution in [3.63, 3.8) is 0 Å². The molecular formula is C25H27O2Si. The van der Waals surface area contributed by atoms with E-state index < -0.39 is 14.8 Å². The zero-order chi connectivity index (χ0) is 19.4. The zero-order valence-electron chi connectivity index (χ0n) is 16.3. The van der Waals surface area contributed by atoms with Crippen molar-refractivity contribution in [2.45, 2.75) is 38.4 Å². The van der Waals surface area contributed by atoms with Crippen molar-refractivity contribution in [3.8, 4) is 0 Å². The maximum Gasteiger partial charge on any atom is 0.286 e. The van der Waals surface area contributed by atoms with Crippen LogP contribution in [0.4, 0.5) is 0 Å². The maximum absolute atomic E-state index is 11.9. The lowest BCUT2D eigenvalue weighted by atomic mass is 9.94. The second kappa shape index (κ2) is 8.44. The topological polar surface area (TPSA) is 29.5 Å². The lowest BCUT2D eigenvalue weighted by Crippen LogP contribution is -2.52. The van der Waals surface area contributed by atoms with E-state index in [1.165, 1.54) is 5.56 Å². The molecule has 2 atom stereocenters. The highest BCUT2D eigenvalue weighted by atomic mass is 28.3. The molecule has 4 rings (SSSR count). The highest BCUT2D eigenvalue weighted by Gasteiger charge is 2.48. The highest BCUT2D eigenvalue weighted by molar-refractivity contribution is 6.80. The van der Waals surface area contributed by atoms with Crippen LogP contribution in [0.5, 0.6) is 0 Å². The first-order valence-corrected chi connectivity index (χ1v) is 11.6. The summed E-state index contributed by atoms with van der Waals surface area (Å²) in [6.07, 6.45) is 4.08. The molecule has 0 aromatic heterocycles. The monoisotopic (exact) mass is 387 g/mol. The molecule has 3 aromatic rings. The van der Waals surface area contributed by atoms with Gasteiger partial charge in [-0.15, -0.1) is 0 Å². The second-order valence-electron chi connectivity index (χ2n) is 7.56. The molecule has 0 spiro atoms. The van der Waals surface area contributed by atoms with Gasteiger partial charge in [0.25, 0.3) is 9.04 Å². The van der Waals surface area contributed by atoms with Gasteiger partial charge < -0.3 is 9.53 Å². The molecule has 0 saturated carbocycles. The summed E-state index contributed by atoms with van der Waals surface area (Å²) in [5.41, 5.74) is 2.17. The van der Waals surface area contributed by atoms with E-state index in [4.69, 9.17) is 4.43 Å². The lowest BCUT2D eigenvalue weighted by Gasteiger charge is -2.35. The number of hydrogen-bond donors (Lipinski definition) is 1. The fourth-order valence-electron chi connectivity index (χ4n) is 4.18. The van der Waals surface area contributed by atoms with Crippen molar-refractivity contribution in [1.29, 1.82) is 0 Å². The summed E-state index contributed by atoms with van der Waals surface area (Å²) in [5, 5.41) is 14.2. The van der Waals surface area contributed by atoms with Crippen molar-refractivity contribution < 1.29 is 9.53 Å². The van der Waals surface area contributed by atoms with E-state index >= 15 is 0 Å². The van der Waals surface area contributed by atoms with Crippen molar-refractivity contribution >= 4 is 19.4 Å². The predicted molar refractivity (Wildman–Crippen MR) is 116 cm³/mol. The third-order valence-electron chi connectivity index (χ3n) is 5.66. The first-order chi connectivity index (χ1) is 13.7. The number of fused-ring (bicyclic) bond motifs is 1. The number of aliphatic hydroxyl groups is 1. The summed E-state index contributed by atoms with van der Waals surface area (Å²) in [6, 6.07) is 29.0. The third kappa shape index (κ3) is 3.70. The van der Waals surface area contributed by atoms with Gasteiger partial charge in [0.1, 0.15) is 0 Å². The molecule has 0 fully saturated rings. The molecule has 28 heavy (non-hydrogen) atoms. The average Bonchev–Trinajstić information content (AvgIpc) is 3.04. The molecule has 1 aliphatic rings. The van der Waals surface area contributed by atoms with Gasteiger partial charge >= 0.3 is 0 Å². The van der Waals surface area contributed by atoms with Gasteiger partial charge in [0, 0.05) is 11.5 Å². The Kier molecular flexibility index (Phi) is 5.76. The Morgan fingerprint density at radius 3 is 2.07 bits per heavy atom. The number of rotatable bonds is 7. The lowest BCUT2D eigenvalue weighted by molar-refractivity contribution is -0.182. The van der Waals surface area contributed by atoms with E-state index in [0.29, 0.717) is 0 Å². The molecule has 3 aromatic carbocycles. The van der Waals surface area contributed by atoms with Crippen LogP contribution in [-0.4, -0.2) is 14.1 Å². The fourth-order valence-corrected chi connectivity index (χ4v) is 6.32. The SMILES string of the molecule is CCCCC1Cc2ccccc2C1(O)O[Si](c1ccccc1)c1ccccc1. The molecule has 0 amide bonds. The van der Waals surface area contributed by atoms with Crippen LogP contribution < -0.4 is 10.4 Å². The maximum atomic E-state index is 11.9. The minimum atomic E-state index is -1.59. The van der Waals surface area contributed by atoms with Gasteiger partial charge in [0.15, 0.2) is 5.79 Å². The van der Waals surface area contributed by atoms with Crippen molar-refractivity contribution in [3.05, 3.63) is 96.1 Å². The van der Waals surface area contributed by atoms with Crippen molar-refractivity contribution in [1.82, 2.24) is 0 Å². The molecule has 0 saturated heterocycles. The van der Waals surface area contributed by atoms with Gasteiger partial charge in [-0.2, -0.15) is 0 Å². The predicted octanol–water partition coefficient (Wildman–Crippen LogP) is 4.02. The van der Waals surface area contributed by atoms with Gasteiger partial charge in [-0.25, -0.2) is 0 Å². The number of benzene rings is 3. The van der Waals surface area contributed by atoms with Gasteiger partial charge in [0.05, 0.1) is 0 Å². The summed E-state index contributed by atoms with van der Waals surface area (Å²) in [5.74, 6) is -1.14. The molecule has 1 radical (unpaired) electrons. The smallest absolute Gasteiger partial charge is 0.286 e. The molecule has 143 valence electrons. The first kappa shape index (κ1) is 19.1. The molecule has 0 heterocycles. The second-order valence-corrected chi connectivity index (χ2v) is 9.58. The van der Waals surface area contributed by atoms with Crippen LogP contribution >= 0.6 is 0 Å². The minimum absolute atomic E-state index is 0.0947. The van der Waals surface area contributed by atoms with E-state index in [1.54, 1.807) is 0 Å². The standard InChI is InChI=1S/C25H27O2Si/c1-2-3-13-21-19-20-12-10-11-18-24(20)25(21,26)27-28(22-14-6-4-7-15-22)23-16-8-5-9-17-23/h4-12,14-18,21,26H,2-3,13,19H2,1H3. The summed E-state index contributed by atoms with van der Waals surface area (Å²) in [6.45, 7) is 2.20. The van der Waals surface area contributed by atoms with Gasteiger partial charge in [-0.05, 0) is 28.8 Å². The fraction of sp³-hybridized carbons (Fsp3) is 0.280. The van der Waals surface area contributed by atoms with Crippen LogP contribution in [0.25, 0.3) is 0 Å². The van der Waals surface area contributed by atoms with E-state index in [0.717, 1.165) is 41.6 Å². The van der Waals surface area contributed by atoms with Crippen LogP contribution in [-0.2, 0) is 16.6 Å².